The van der Waals surface area contributed by atoms with E-state index in [1.165, 1.54) is 6.07 Å². The predicted octanol–water partition coefficient (Wildman–Crippen LogP) is 3.69. The quantitative estimate of drug-likeness (QED) is 0.450. The molecule has 2 aromatic rings. The second-order valence-corrected chi connectivity index (χ2v) is 5.28. The summed E-state index contributed by atoms with van der Waals surface area (Å²) >= 11 is 2.07. The van der Waals surface area contributed by atoms with Crippen molar-refractivity contribution in [2.24, 2.45) is 0 Å². The summed E-state index contributed by atoms with van der Waals surface area (Å²) in [5, 5.41) is 0. The van der Waals surface area contributed by atoms with Crippen molar-refractivity contribution >= 4 is 34.5 Å². The van der Waals surface area contributed by atoms with Gasteiger partial charge in [-0.15, -0.1) is 0 Å². The molecule has 0 radical (unpaired) electrons. The lowest BCUT2D eigenvalue weighted by molar-refractivity contribution is 0.0524. The summed E-state index contributed by atoms with van der Waals surface area (Å²) < 4.78 is 11.0. The van der Waals surface area contributed by atoms with Crippen LogP contribution in [0, 0.1) is 3.57 Å². The van der Waals surface area contributed by atoms with Gasteiger partial charge in [0.2, 0.25) is 0 Å². The second-order valence-electron chi connectivity index (χ2n) is 4.12. The molecule has 0 aromatic heterocycles. The Kier molecular flexibility index (Phi) is 5.32. The summed E-state index contributed by atoms with van der Waals surface area (Å²) in [6.45, 7) is 2.03. The van der Waals surface area contributed by atoms with Crippen LogP contribution in [0.1, 0.15) is 27.6 Å². The van der Waals surface area contributed by atoms with Crippen LogP contribution in [-0.4, -0.2) is 18.5 Å². The van der Waals surface area contributed by atoms with Crippen LogP contribution in [0.15, 0.2) is 48.5 Å². The molecule has 0 saturated carbocycles. The van der Waals surface area contributed by atoms with Crippen molar-refractivity contribution in [1.29, 1.82) is 0 Å². The summed E-state index contributed by atoms with van der Waals surface area (Å²) in [5.41, 5.74) is 0.838. The predicted molar refractivity (Wildman–Crippen MR) is 86.5 cm³/mol. The first-order chi connectivity index (χ1) is 10.1. The Hall–Kier alpha value is -1.89. The molecule has 0 aliphatic heterocycles. The lowest BCUT2D eigenvalue weighted by Gasteiger charge is -2.07. The van der Waals surface area contributed by atoms with Gasteiger partial charge in [0.15, 0.2) is 0 Å². The number of rotatable bonds is 4. The number of hydrogen-bond acceptors (Lipinski definition) is 4. The fraction of sp³-hybridized carbons (Fsp3) is 0.125. The van der Waals surface area contributed by atoms with Gasteiger partial charge in [0, 0.05) is 3.57 Å². The number of carbonyl (C=O) groups is 2. The van der Waals surface area contributed by atoms with Gasteiger partial charge >= 0.3 is 11.9 Å². The molecular formula is C16H13IO4. The molecule has 2 aromatic carbocycles. The third-order valence-corrected chi connectivity index (χ3v) is 3.59. The molecule has 21 heavy (non-hydrogen) atoms. The monoisotopic (exact) mass is 396 g/mol. The minimum absolute atomic E-state index is 0.297. The van der Waals surface area contributed by atoms with Crippen LogP contribution < -0.4 is 4.74 Å². The first-order valence-electron chi connectivity index (χ1n) is 6.35. The Morgan fingerprint density at radius 2 is 1.81 bits per heavy atom. The Bertz CT molecular complexity index is 667. The Morgan fingerprint density at radius 1 is 1.05 bits per heavy atom. The standard InChI is InChI=1S/C16H13IO4/c1-2-20-15(18)11-6-5-7-12(10-11)21-16(19)13-8-3-4-9-14(13)17/h3-10H,2H2,1H3. The highest BCUT2D eigenvalue weighted by Crippen LogP contribution is 2.18. The zero-order valence-electron chi connectivity index (χ0n) is 11.3. The van der Waals surface area contributed by atoms with E-state index in [-0.39, 0.29) is 0 Å². The molecule has 4 nitrogen and oxygen atoms in total. The fourth-order valence-corrected chi connectivity index (χ4v) is 2.30. The first kappa shape index (κ1) is 15.5. The van der Waals surface area contributed by atoms with Crippen LogP contribution in [0.5, 0.6) is 5.75 Å². The molecule has 0 aliphatic carbocycles. The molecule has 108 valence electrons. The number of hydrogen-bond donors (Lipinski definition) is 0. The molecule has 0 spiro atoms. The molecule has 0 fully saturated rings. The summed E-state index contributed by atoms with van der Waals surface area (Å²) in [7, 11) is 0. The third-order valence-electron chi connectivity index (χ3n) is 2.65. The van der Waals surface area contributed by atoms with Crippen LogP contribution in [0.4, 0.5) is 0 Å². The topological polar surface area (TPSA) is 52.6 Å². The van der Waals surface area contributed by atoms with Crippen molar-refractivity contribution in [3.05, 3.63) is 63.2 Å². The maximum atomic E-state index is 12.1. The van der Waals surface area contributed by atoms with Gasteiger partial charge in [0.25, 0.3) is 0 Å². The number of carbonyl (C=O) groups excluding carboxylic acids is 2. The van der Waals surface area contributed by atoms with E-state index in [1.807, 2.05) is 12.1 Å². The Balaban J connectivity index is 2.17. The van der Waals surface area contributed by atoms with Crippen LogP contribution in [0.3, 0.4) is 0 Å². The van der Waals surface area contributed by atoms with Gasteiger partial charge in [0.1, 0.15) is 5.75 Å². The van der Waals surface area contributed by atoms with Crippen LogP contribution in [-0.2, 0) is 4.74 Å². The highest BCUT2D eigenvalue weighted by molar-refractivity contribution is 14.1. The van der Waals surface area contributed by atoms with Gasteiger partial charge < -0.3 is 9.47 Å². The number of benzene rings is 2. The number of esters is 2. The largest absolute Gasteiger partial charge is 0.462 e. The first-order valence-corrected chi connectivity index (χ1v) is 7.43. The van der Waals surface area contributed by atoms with Gasteiger partial charge in [-0.2, -0.15) is 0 Å². The van der Waals surface area contributed by atoms with Gasteiger partial charge in [-0.1, -0.05) is 18.2 Å². The zero-order chi connectivity index (χ0) is 15.2. The molecule has 0 atom stereocenters. The van der Waals surface area contributed by atoms with Gasteiger partial charge in [-0.25, -0.2) is 9.59 Å². The van der Waals surface area contributed by atoms with Crippen molar-refractivity contribution in [2.45, 2.75) is 6.92 Å². The maximum Gasteiger partial charge on any atom is 0.344 e. The molecule has 0 bridgehead atoms. The highest BCUT2D eigenvalue weighted by atomic mass is 127. The minimum atomic E-state index is -0.457. The summed E-state index contributed by atoms with van der Waals surface area (Å²) in [6, 6.07) is 13.5. The van der Waals surface area contributed by atoms with E-state index in [9.17, 15) is 9.59 Å². The van der Waals surface area contributed by atoms with Crippen LogP contribution >= 0.6 is 22.6 Å². The molecule has 0 N–H and O–H groups in total. The lowest BCUT2D eigenvalue weighted by atomic mass is 10.2. The summed E-state index contributed by atoms with van der Waals surface area (Å²) in [4.78, 5) is 23.7. The smallest absolute Gasteiger partial charge is 0.344 e. The van der Waals surface area contributed by atoms with Gasteiger partial charge in [-0.3, -0.25) is 0 Å². The lowest BCUT2D eigenvalue weighted by Crippen LogP contribution is -2.11. The minimum Gasteiger partial charge on any atom is -0.462 e. The average molecular weight is 396 g/mol. The maximum absolute atomic E-state index is 12.1. The molecule has 0 saturated heterocycles. The van der Waals surface area contributed by atoms with E-state index in [1.54, 1.807) is 37.3 Å². The fourth-order valence-electron chi connectivity index (χ4n) is 1.69. The highest BCUT2D eigenvalue weighted by Gasteiger charge is 2.13. The molecule has 0 aliphatic rings. The third kappa shape index (κ3) is 4.04. The van der Waals surface area contributed by atoms with E-state index in [2.05, 4.69) is 22.6 Å². The van der Waals surface area contributed by atoms with Crippen molar-refractivity contribution in [3.8, 4) is 5.75 Å². The zero-order valence-corrected chi connectivity index (χ0v) is 13.5. The SMILES string of the molecule is CCOC(=O)c1cccc(OC(=O)c2ccccc2I)c1. The second kappa shape index (κ2) is 7.21. The van der Waals surface area contributed by atoms with Crippen LogP contribution in [0.2, 0.25) is 0 Å². The normalized spacial score (nSPS) is 10.0. The number of ether oxygens (including phenoxy) is 2. The molecular weight excluding hydrogens is 383 g/mol. The molecule has 5 heteroatoms. The van der Waals surface area contributed by atoms with Crippen LogP contribution in [0.25, 0.3) is 0 Å². The van der Waals surface area contributed by atoms with Crippen molar-refractivity contribution in [2.75, 3.05) is 6.61 Å². The molecule has 0 heterocycles. The Morgan fingerprint density at radius 3 is 2.52 bits per heavy atom. The molecule has 2 rings (SSSR count). The van der Waals surface area contributed by atoms with E-state index in [4.69, 9.17) is 9.47 Å². The summed E-state index contributed by atoms with van der Waals surface area (Å²) in [5.74, 6) is -0.587. The van der Waals surface area contributed by atoms with Gasteiger partial charge in [0.05, 0.1) is 17.7 Å². The average Bonchev–Trinajstić information content (AvgIpc) is 2.48. The van der Waals surface area contributed by atoms with Crippen molar-refractivity contribution in [1.82, 2.24) is 0 Å². The summed E-state index contributed by atoms with van der Waals surface area (Å²) in [6.07, 6.45) is 0. The van der Waals surface area contributed by atoms with Crippen molar-refractivity contribution < 1.29 is 19.1 Å². The van der Waals surface area contributed by atoms with E-state index >= 15 is 0 Å². The van der Waals surface area contributed by atoms with Crippen molar-refractivity contribution in [3.63, 3.8) is 0 Å². The Labute approximate surface area is 136 Å². The molecule has 0 unspecified atom stereocenters. The van der Waals surface area contributed by atoms with E-state index in [0.717, 1.165) is 3.57 Å². The molecule has 0 amide bonds. The van der Waals surface area contributed by atoms with E-state index < -0.39 is 11.9 Å². The number of halogens is 1. The van der Waals surface area contributed by atoms with E-state index in [0.29, 0.717) is 23.5 Å². The van der Waals surface area contributed by atoms with Gasteiger partial charge in [-0.05, 0) is 59.8 Å².